The van der Waals surface area contributed by atoms with Crippen molar-refractivity contribution in [2.24, 2.45) is 5.92 Å². The molecule has 3 atom stereocenters. The third kappa shape index (κ3) is 2.26. The Hall–Kier alpha value is -2.00. The van der Waals surface area contributed by atoms with Crippen molar-refractivity contribution in [1.82, 2.24) is 0 Å². The highest BCUT2D eigenvalue weighted by atomic mass is 16.5. The molecule has 0 radical (unpaired) electrons. The summed E-state index contributed by atoms with van der Waals surface area (Å²) in [6.45, 7) is 0.866. The van der Waals surface area contributed by atoms with Gasteiger partial charge in [0.1, 0.15) is 5.75 Å². The quantitative estimate of drug-likeness (QED) is 0.894. The van der Waals surface area contributed by atoms with E-state index < -0.39 is 0 Å². The fourth-order valence-corrected chi connectivity index (χ4v) is 3.76. The minimum atomic E-state index is 0.207. The Balaban J connectivity index is 1.72. The van der Waals surface area contributed by atoms with E-state index in [0.717, 1.165) is 18.8 Å². The van der Waals surface area contributed by atoms with Gasteiger partial charge in [0.25, 0.3) is 0 Å². The standard InChI is InChI=1S/C19H21NO2/c1-21-14-10-8-13(9-11-14)18-16-6-4-12-22-19(16)15-5-2-3-7-17(15)20-18/h2-3,5,7-11,16,18-20H,4,6,12H2,1H3/t16-,18-,19+/m1/s1. The summed E-state index contributed by atoms with van der Waals surface area (Å²) in [7, 11) is 1.70. The predicted octanol–water partition coefficient (Wildman–Crippen LogP) is 4.33. The maximum atomic E-state index is 6.14. The molecule has 1 fully saturated rings. The van der Waals surface area contributed by atoms with Crippen LogP contribution in [0.3, 0.4) is 0 Å². The second kappa shape index (κ2) is 5.65. The molecule has 1 saturated heterocycles. The first-order chi connectivity index (χ1) is 10.9. The molecule has 2 aromatic rings. The minimum absolute atomic E-state index is 0.207. The second-order valence-corrected chi connectivity index (χ2v) is 6.08. The van der Waals surface area contributed by atoms with Crippen LogP contribution in [0, 0.1) is 5.92 Å². The van der Waals surface area contributed by atoms with Crippen molar-refractivity contribution < 1.29 is 9.47 Å². The SMILES string of the molecule is COc1ccc([C@H]2Nc3ccccc3[C@@H]3OCCC[C@H]23)cc1. The van der Waals surface area contributed by atoms with Crippen molar-refractivity contribution in [3.8, 4) is 5.75 Å². The van der Waals surface area contributed by atoms with Crippen molar-refractivity contribution >= 4 is 5.69 Å². The number of fused-ring (bicyclic) bond motifs is 3. The molecule has 1 N–H and O–H groups in total. The first kappa shape index (κ1) is 13.6. The molecule has 2 aliphatic rings. The van der Waals surface area contributed by atoms with Crippen molar-refractivity contribution in [2.75, 3.05) is 19.0 Å². The van der Waals surface area contributed by atoms with Gasteiger partial charge in [-0.25, -0.2) is 0 Å². The Morgan fingerprint density at radius 3 is 2.73 bits per heavy atom. The molecule has 114 valence electrons. The van der Waals surface area contributed by atoms with Crippen LogP contribution in [-0.4, -0.2) is 13.7 Å². The lowest BCUT2D eigenvalue weighted by Gasteiger charge is -2.43. The molecular weight excluding hydrogens is 274 g/mol. The minimum Gasteiger partial charge on any atom is -0.497 e. The third-order valence-electron chi connectivity index (χ3n) is 4.85. The summed E-state index contributed by atoms with van der Waals surface area (Å²) < 4.78 is 11.4. The molecule has 0 unspecified atom stereocenters. The second-order valence-electron chi connectivity index (χ2n) is 6.08. The zero-order valence-electron chi connectivity index (χ0n) is 12.8. The largest absolute Gasteiger partial charge is 0.497 e. The molecule has 3 heteroatoms. The van der Waals surface area contributed by atoms with Crippen molar-refractivity contribution in [3.63, 3.8) is 0 Å². The van der Waals surface area contributed by atoms with E-state index in [9.17, 15) is 0 Å². The molecule has 3 nitrogen and oxygen atoms in total. The molecular formula is C19H21NO2. The number of ether oxygens (including phenoxy) is 2. The highest BCUT2D eigenvalue weighted by Gasteiger charge is 2.39. The van der Waals surface area contributed by atoms with Crippen LogP contribution >= 0.6 is 0 Å². The Morgan fingerprint density at radius 2 is 1.91 bits per heavy atom. The van der Waals surface area contributed by atoms with Gasteiger partial charge in [0.15, 0.2) is 0 Å². The summed E-state index contributed by atoms with van der Waals surface area (Å²) in [5, 5.41) is 3.73. The van der Waals surface area contributed by atoms with Gasteiger partial charge in [-0.3, -0.25) is 0 Å². The highest BCUT2D eigenvalue weighted by molar-refractivity contribution is 5.57. The fourth-order valence-electron chi connectivity index (χ4n) is 3.76. The van der Waals surface area contributed by atoms with E-state index in [1.807, 2.05) is 12.1 Å². The predicted molar refractivity (Wildman–Crippen MR) is 87.2 cm³/mol. The van der Waals surface area contributed by atoms with Crippen LogP contribution in [-0.2, 0) is 4.74 Å². The van der Waals surface area contributed by atoms with Gasteiger partial charge in [-0.2, -0.15) is 0 Å². The van der Waals surface area contributed by atoms with Crippen LogP contribution in [0.4, 0.5) is 5.69 Å². The first-order valence-corrected chi connectivity index (χ1v) is 7.98. The van der Waals surface area contributed by atoms with Gasteiger partial charge in [0.05, 0.1) is 19.3 Å². The fraction of sp³-hybridized carbons (Fsp3) is 0.368. The highest BCUT2D eigenvalue weighted by Crippen LogP contribution is 2.48. The van der Waals surface area contributed by atoms with Crippen LogP contribution in [0.25, 0.3) is 0 Å². The van der Waals surface area contributed by atoms with Gasteiger partial charge in [0, 0.05) is 23.8 Å². The lowest BCUT2D eigenvalue weighted by molar-refractivity contribution is -0.0381. The van der Waals surface area contributed by atoms with E-state index in [-0.39, 0.29) is 6.10 Å². The monoisotopic (exact) mass is 295 g/mol. The van der Waals surface area contributed by atoms with Gasteiger partial charge in [-0.05, 0) is 36.6 Å². The van der Waals surface area contributed by atoms with Crippen LogP contribution in [0.15, 0.2) is 48.5 Å². The summed E-state index contributed by atoms with van der Waals surface area (Å²) in [6, 6.07) is 17.2. The molecule has 2 aliphatic heterocycles. The van der Waals surface area contributed by atoms with Gasteiger partial charge >= 0.3 is 0 Å². The van der Waals surface area contributed by atoms with Gasteiger partial charge in [-0.1, -0.05) is 30.3 Å². The van der Waals surface area contributed by atoms with E-state index in [0.29, 0.717) is 12.0 Å². The zero-order valence-corrected chi connectivity index (χ0v) is 12.8. The molecule has 0 bridgehead atoms. The van der Waals surface area contributed by atoms with E-state index >= 15 is 0 Å². The molecule has 0 saturated carbocycles. The number of nitrogens with one attached hydrogen (secondary N) is 1. The number of hydrogen-bond donors (Lipinski definition) is 1. The van der Waals surface area contributed by atoms with Crippen LogP contribution < -0.4 is 10.1 Å². The summed E-state index contributed by atoms with van der Waals surface area (Å²) in [4.78, 5) is 0. The van der Waals surface area contributed by atoms with E-state index in [1.54, 1.807) is 7.11 Å². The van der Waals surface area contributed by atoms with E-state index in [4.69, 9.17) is 9.47 Å². The lowest BCUT2D eigenvalue weighted by Crippen LogP contribution is -2.35. The number of benzene rings is 2. The summed E-state index contributed by atoms with van der Waals surface area (Å²) in [5.74, 6) is 1.38. The van der Waals surface area contributed by atoms with E-state index in [1.165, 1.54) is 23.2 Å². The van der Waals surface area contributed by atoms with Crippen LogP contribution in [0.1, 0.15) is 36.1 Å². The Kier molecular flexibility index (Phi) is 3.51. The van der Waals surface area contributed by atoms with Gasteiger partial charge in [-0.15, -0.1) is 0 Å². The average molecular weight is 295 g/mol. The molecule has 2 aromatic carbocycles. The Bertz CT molecular complexity index is 653. The molecule has 0 spiro atoms. The molecule has 22 heavy (non-hydrogen) atoms. The van der Waals surface area contributed by atoms with Crippen molar-refractivity contribution in [2.45, 2.75) is 25.0 Å². The molecule has 0 amide bonds. The summed E-state index contributed by atoms with van der Waals surface area (Å²) >= 11 is 0. The van der Waals surface area contributed by atoms with Gasteiger partial charge < -0.3 is 14.8 Å². The zero-order chi connectivity index (χ0) is 14.9. The lowest BCUT2D eigenvalue weighted by atomic mass is 9.77. The Labute approximate surface area is 131 Å². The third-order valence-corrected chi connectivity index (χ3v) is 4.85. The van der Waals surface area contributed by atoms with Crippen molar-refractivity contribution in [1.29, 1.82) is 0 Å². The number of para-hydroxylation sites is 1. The van der Waals surface area contributed by atoms with Crippen molar-refractivity contribution in [3.05, 3.63) is 59.7 Å². The van der Waals surface area contributed by atoms with E-state index in [2.05, 4.69) is 41.7 Å². The summed E-state index contributed by atoms with van der Waals surface area (Å²) in [5.41, 5.74) is 3.80. The maximum Gasteiger partial charge on any atom is 0.118 e. The number of rotatable bonds is 2. The van der Waals surface area contributed by atoms with Crippen LogP contribution in [0.2, 0.25) is 0 Å². The topological polar surface area (TPSA) is 30.5 Å². The number of hydrogen-bond acceptors (Lipinski definition) is 3. The molecule has 0 aromatic heterocycles. The normalized spacial score (nSPS) is 26.5. The number of methoxy groups -OCH3 is 1. The van der Waals surface area contributed by atoms with Crippen LogP contribution in [0.5, 0.6) is 5.75 Å². The first-order valence-electron chi connectivity index (χ1n) is 7.98. The number of anilines is 1. The maximum absolute atomic E-state index is 6.14. The average Bonchev–Trinajstić information content (AvgIpc) is 2.61. The molecule has 4 rings (SSSR count). The molecule has 2 heterocycles. The summed E-state index contributed by atoms with van der Waals surface area (Å²) in [6.07, 6.45) is 2.54. The van der Waals surface area contributed by atoms with Gasteiger partial charge in [0.2, 0.25) is 0 Å². The molecule has 0 aliphatic carbocycles. The Morgan fingerprint density at radius 1 is 1.09 bits per heavy atom. The smallest absolute Gasteiger partial charge is 0.118 e.